The van der Waals surface area contributed by atoms with E-state index >= 15 is 0 Å². The van der Waals surface area contributed by atoms with Gasteiger partial charge in [-0.25, -0.2) is 0 Å². The predicted octanol–water partition coefficient (Wildman–Crippen LogP) is 4.25. The summed E-state index contributed by atoms with van der Waals surface area (Å²) in [7, 11) is 1.03. The van der Waals surface area contributed by atoms with E-state index in [0.717, 1.165) is 0 Å². The van der Waals surface area contributed by atoms with E-state index in [0.29, 0.717) is 33.2 Å². The molecule has 31 heavy (non-hydrogen) atoms. The van der Waals surface area contributed by atoms with Gasteiger partial charge in [0, 0.05) is 33.9 Å². The van der Waals surface area contributed by atoms with E-state index in [-0.39, 0.29) is 0 Å². The summed E-state index contributed by atoms with van der Waals surface area (Å²) in [5.74, 6) is 0.997. The number of hydrogen-bond acceptors (Lipinski definition) is 8. The van der Waals surface area contributed by atoms with Gasteiger partial charge in [0.05, 0.1) is 24.8 Å². The van der Waals surface area contributed by atoms with Crippen LogP contribution in [0.1, 0.15) is 25.0 Å². The number of hydrogen-bond donors (Lipinski definition) is 0. The Kier molecular flexibility index (Phi) is 8.15. The molecule has 0 unspecified atom stereocenters. The van der Waals surface area contributed by atoms with Crippen molar-refractivity contribution >= 4 is 25.8 Å². The molecule has 10 heteroatoms. The third-order valence-corrected chi connectivity index (χ3v) is 9.15. The van der Waals surface area contributed by atoms with Gasteiger partial charge in [0.25, 0.3) is 0 Å². The van der Waals surface area contributed by atoms with Crippen LogP contribution >= 0.6 is 15.2 Å². The third-order valence-electron chi connectivity index (χ3n) is 5.31. The van der Waals surface area contributed by atoms with E-state index in [2.05, 4.69) is 0 Å². The molecule has 0 aliphatic rings. The summed E-state index contributed by atoms with van der Waals surface area (Å²) < 4.78 is 58.5. The second kappa shape index (κ2) is 9.86. The van der Waals surface area contributed by atoms with Crippen LogP contribution in [0.2, 0.25) is 0 Å². The first-order valence-electron chi connectivity index (χ1n) is 9.38. The Morgan fingerprint density at radius 2 is 0.935 bits per heavy atom. The maximum absolute atomic E-state index is 13.4. The smallest absolute Gasteiger partial charge is 0.361 e. The van der Waals surface area contributed by atoms with Gasteiger partial charge >= 0.3 is 15.2 Å². The van der Waals surface area contributed by atoms with Crippen LogP contribution in [-0.2, 0) is 32.6 Å². The SMILES string of the molecule is COc1ccc(C(C)(C)c2ccc(OC)cc2P(=O)(OC)OC)c(P(=O)(OC)OC)c1. The van der Waals surface area contributed by atoms with Gasteiger partial charge in [-0.2, -0.15) is 0 Å². The molecule has 0 bridgehead atoms. The Balaban J connectivity index is 2.88. The molecule has 0 amide bonds. The van der Waals surface area contributed by atoms with E-state index in [1.165, 1.54) is 42.7 Å². The van der Waals surface area contributed by atoms with E-state index in [9.17, 15) is 9.13 Å². The first-order chi connectivity index (χ1) is 14.6. The zero-order valence-corrected chi connectivity index (χ0v) is 20.9. The average molecular weight is 472 g/mol. The Hall–Kier alpha value is -1.66. The monoisotopic (exact) mass is 472 g/mol. The van der Waals surface area contributed by atoms with Crippen LogP contribution in [0.4, 0.5) is 0 Å². The van der Waals surface area contributed by atoms with Crippen molar-refractivity contribution in [1.82, 2.24) is 0 Å². The van der Waals surface area contributed by atoms with Crippen molar-refractivity contribution in [3.8, 4) is 11.5 Å². The molecule has 0 heterocycles. The van der Waals surface area contributed by atoms with Crippen molar-refractivity contribution in [2.24, 2.45) is 0 Å². The predicted molar refractivity (Wildman–Crippen MR) is 121 cm³/mol. The van der Waals surface area contributed by atoms with Crippen LogP contribution in [0.25, 0.3) is 0 Å². The second-order valence-corrected chi connectivity index (χ2v) is 11.5. The fourth-order valence-corrected chi connectivity index (χ4v) is 6.43. The van der Waals surface area contributed by atoms with E-state index in [1.54, 1.807) is 36.4 Å². The lowest BCUT2D eigenvalue weighted by atomic mass is 9.78. The molecular weight excluding hydrogens is 442 g/mol. The highest BCUT2D eigenvalue weighted by atomic mass is 31.2. The first kappa shape index (κ1) is 25.6. The molecule has 0 aliphatic heterocycles. The molecule has 0 spiro atoms. The Labute approximate surface area is 183 Å². The van der Waals surface area contributed by atoms with Crippen LogP contribution in [0.5, 0.6) is 11.5 Å². The van der Waals surface area contributed by atoms with Gasteiger partial charge in [0.1, 0.15) is 11.5 Å². The van der Waals surface area contributed by atoms with Crippen LogP contribution < -0.4 is 20.1 Å². The normalized spacial score (nSPS) is 12.6. The molecule has 2 rings (SSSR count). The fourth-order valence-electron chi connectivity index (χ4n) is 3.47. The molecule has 0 saturated carbocycles. The van der Waals surface area contributed by atoms with Crippen molar-refractivity contribution < 1.29 is 36.7 Å². The molecule has 0 radical (unpaired) electrons. The summed E-state index contributed by atoms with van der Waals surface area (Å²) in [6.45, 7) is 3.82. The highest BCUT2D eigenvalue weighted by Gasteiger charge is 2.40. The topological polar surface area (TPSA) is 89.5 Å². The number of ether oxygens (including phenoxy) is 2. The third kappa shape index (κ3) is 4.75. The molecular formula is C21H30O8P2. The zero-order chi connectivity index (χ0) is 23.4. The van der Waals surface area contributed by atoms with Crippen molar-refractivity contribution in [3.05, 3.63) is 47.5 Å². The molecule has 0 N–H and O–H groups in total. The Bertz CT molecular complexity index is 923. The van der Waals surface area contributed by atoms with Crippen LogP contribution in [0.3, 0.4) is 0 Å². The lowest BCUT2D eigenvalue weighted by Gasteiger charge is -2.33. The van der Waals surface area contributed by atoms with Gasteiger partial charge < -0.3 is 27.6 Å². The molecule has 2 aromatic rings. The minimum absolute atomic E-state index is 0.341. The van der Waals surface area contributed by atoms with Crippen molar-refractivity contribution in [2.75, 3.05) is 42.7 Å². The minimum Gasteiger partial charge on any atom is -0.497 e. The van der Waals surface area contributed by atoms with Gasteiger partial charge in [0.15, 0.2) is 0 Å². The van der Waals surface area contributed by atoms with Gasteiger partial charge in [-0.1, -0.05) is 26.0 Å². The fraction of sp³-hybridized carbons (Fsp3) is 0.429. The summed E-state index contributed by atoms with van der Waals surface area (Å²) in [5, 5.41) is 0.682. The standard InChI is InChI=1S/C21H30O8P2/c1-21(2,17-11-9-15(24-3)13-19(17)30(22,26-5)27-6)18-12-10-16(25-4)14-20(18)31(23,28-7)29-8/h9-14H,1-8H3. The quantitative estimate of drug-likeness (QED) is 0.474. The van der Waals surface area contributed by atoms with Crippen molar-refractivity contribution in [1.29, 1.82) is 0 Å². The molecule has 0 aromatic heterocycles. The zero-order valence-electron chi connectivity index (χ0n) is 19.1. The molecule has 0 aliphatic carbocycles. The lowest BCUT2D eigenvalue weighted by molar-refractivity contribution is 0.286. The molecule has 0 atom stereocenters. The Morgan fingerprint density at radius 1 is 0.613 bits per heavy atom. The highest BCUT2D eigenvalue weighted by Crippen LogP contribution is 2.52. The summed E-state index contributed by atoms with van der Waals surface area (Å²) in [6, 6.07) is 10.3. The van der Waals surface area contributed by atoms with Crippen molar-refractivity contribution in [3.63, 3.8) is 0 Å². The Morgan fingerprint density at radius 3 is 1.19 bits per heavy atom. The maximum Gasteiger partial charge on any atom is 0.361 e. The molecule has 2 aromatic carbocycles. The highest BCUT2D eigenvalue weighted by molar-refractivity contribution is 7.62. The number of rotatable bonds is 10. The van der Waals surface area contributed by atoms with Crippen LogP contribution in [-0.4, -0.2) is 42.7 Å². The molecule has 172 valence electrons. The average Bonchev–Trinajstić information content (AvgIpc) is 2.81. The van der Waals surface area contributed by atoms with E-state index < -0.39 is 20.6 Å². The second-order valence-electron chi connectivity index (χ2n) is 7.12. The first-order valence-corrected chi connectivity index (χ1v) is 12.5. The van der Waals surface area contributed by atoms with Gasteiger partial charge in [0.2, 0.25) is 0 Å². The summed E-state index contributed by atoms with van der Waals surface area (Å²) in [5.41, 5.74) is 0.471. The molecule has 8 nitrogen and oxygen atoms in total. The van der Waals surface area contributed by atoms with Gasteiger partial charge in [-0.05, 0) is 35.4 Å². The van der Waals surface area contributed by atoms with Gasteiger partial charge in [-0.3, -0.25) is 9.13 Å². The van der Waals surface area contributed by atoms with Crippen molar-refractivity contribution in [2.45, 2.75) is 19.3 Å². The van der Waals surface area contributed by atoms with Crippen LogP contribution in [0, 0.1) is 0 Å². The molecule has 0 saturated heterocycles. The minimum atomic E-state index is -3.65. The maximum atomic E-state index is 13.4. The summed E-state index contributed by atoms with van der Waals surface area (Å²) in [6.07, 6.45) is 0. The van der Waals surface area contributed by atoms with Crippen LogP contribution in [0.15, 0.2) is 36.4 Å². The summed E-state index contributed by atoms with van der Waals surface area (Å²) >= 11 is 0. The largest absolute Gasteiger partial charge is 0.497 e. The number of methoxy groups -OCH3 is 2. The van der Waals surface area contributed by atoms with E-state index in [1.807, 2.05) is 13.8 Å². The lowest BCUT2D eigenvalue weighted by Crippen LogP contribution is -2.33. The number of benzene rings is 2. The van der Waals surface area contributed by atoms with E-state index in [4.69, 9.17) is 27.6 Å². The summed E-state index contributed by atoms with van der Waals surface area (Å²) in [4.78, 5) is 0. The molecule has 0 fully saturated rings. The van der Waals surface area contributed by atoms with Gasteiger partial charge in [-0.15, -0.1) is 0 Å².